The first-order valence-corrected chi connectivity index (χ1v) is 10.7. The number of likely N-dealkylation sites (N-methyl/N-ethyl adjacent to an activating group) is 1. The second-order valence-electron chi connectivity index (χ2n) is 7.95. The number of amides is 2. The number of aryl methyl sites for hydroxylation is 1. The molecule has 2 amide bonds. The first-order chi connectivity index (χ1) is 14.9. The van der Waals surface area contributed by atoms with Crippen molar-refractivity contribution >= 4 is 23.2 Å². The molecule has 2 aromatic carbocycles. The Morgan fingerprint density at radius 3 is 2.35 bits per heavy atom. The van der Waals surface area contributed by atoms with E-state index < -0.39 is 0 Å². The van der Waals surface area contributed by atoms with Crippen molar-refractivity contribution in [2.75, 3.05) is 43.5 Å². The van der Waals surface area contributed by atoms with Gasteiger partial charge in [0.1, 0.15) is 13.2 Å². The molecule has 0 bridgehead atoms. The highest BCUT2D eigenvalue weighted by Crippen LogP contribution is 2.32. The summed E-state index contributed by atoms with van der Waals surface area (Å²) in [5, 5.41) is 5.90. The Balaban J connectivity index is 1.58. The van der Waals surface area contributed by atoms with Gasteiger partial charge in [-0.25, -0.2) is 0 Å². The molecule has 0 unspecified atom stereocenters. The number of rotatable bonds is 8. The van der Waals surface area contributed by atoms with E-state index in [1.165, 1.54) is 0 Å². The largest absolute Gasteiger partial charge is 0.486 e. The smallest absolute Gasteiger partial charge is 0.238 e. The zero-order valence-corrected chi connectivity index (χ0v) is 18.7. The lowest BCUT2D eigenvalue weighted by Crippen LogP contribution is -2.38. The van der Waals surface area contributed by atoms with Crippen molar-refractivity contribution in [1.82, 2.24) is 4.90 Å². The summed E-state index contributed by atoms with van der Waals surface area (Å²) in [7, 11) is 0. The van der Waals surface area contributed by atoms with Crippen molar-refractivity contribution in [3.05, 3.63) is 47.5 Å². The predicted molar refractivity (Wildman–Crippen MR) is 122 cm³/mol. The molecule has 0 aromatic heterocycles. The Hall–Kier alpha value is -3.06. The van der Waals surface area contributed by atoms with E-state index in [0.29, 0.717) is 42.9 Å². The molecule has 3 rings (SSSR count). The molecule has 2 aromatic rings. The molecule has 1 heterocycles. The van der Waals surface area contributed by atoms with E-state index in [2.05, 4.69) is 24.5 Å². The first-order valence-electron chi connectivity index (χ1n) is 10.7. The van der Waals surface area contributed by atoms with Crippen LogP contribution in [0.25, 0.3) is 0 Å². The van der Waals surface area contributed by atoms with Crippen molar-refractivity contribution in [3.63, 3.8) is 0 Å². The summed E-state index contributed by atoms with van der Waals surface area (Å²) in [5.41, 5.74) is 3.63. The molecular weight excluding hydrogens is 394 g/mol. The SMILES string of the molecule is CCN(CC(=O)Nc1ccc2c(c1)OCCO2)CC(=O)Nc1c(C)cccc1C(C)C. The van der Waals surface area contributed by atoms with Gasteiger partial charge in [-0.05, 0) is 42.6 Å². The van der Waals surface area contributed by atoms with Crippen LogP contribution in [0.2, 0.25) is 0 Å². The van der Waals surface area contributed by atoms with Gasteiger partial charge in [-0.2, -0.15) is 0 Å². The molecule has 0 aliphatic carbocycles. The van der Waals surface area contributed by atoms with Crippen molar-refractivity contribution < 1.29 is 19.1 Å². The van der Waals surface area contributed by atoms with Gasteiger partial charge in [0, 0.05) is 17.4 Å². The molecule has 0 saturated carbocycles. The number of carbonyl (C=O) groups excluding carboxylic acids is 2. The number of carbonyl (C=O) groups is 2. The van der Waals surface area contributed by atoms with Crippen LogP contribution in [0.15, 0.2) is 36.4 Å². The maximum Gasteiger partial charge on any atom is 0.238 e. The quantitative estimate of drug-likeness (QED) is 0.673. The zero-order valence-electron chi connectivity index (χ0n) is 18.7. The Kier molecular flexibility index (Phi) is 7.52. The predicted octanol–water partition coefficient (Wildman–Crippen LogP) is 3.79. The van der Waals surface area contributed by atoms with Crippen LogP contribution in [-0.2, 0) is 9.59 Å². The standard InChI is InChI=1S/C24H31N3O4/c1-5-27(15-23(29)26-24-17(4)7-6-8-19(24)16(2)3)14-22(28)25-18-9-10-20-21(13-18)31-12-11-30-20/h6-10,13,16H,5,11-12,14-15H2,1-4H3,(H,25,28)(H,26,29). The average Bonchev–Trinajstić information content (AvgIpc) is 2.74. The van der Waals surface area contributed by atoms with Gasteiger partial charge < -0.3 is 20.1 Å². The van der Waals surface area contributed by atoms with Gasteiger partial charge in [-0.1, -0.05) is 39.0 Å². The summed E-state index contributed by atoms with van der Waals surface area (Å²) >= 11 is 0. The number of ether oxygens (including phenoxy) is 2. The van der Waals surface area contributed by atoms with Crippen molar-refractivity contribution in [1.29, 1.82) is 0 Å². The average molecular weight is 426 g/mol. The number of benzene rings is 2. The molecule has 0 radical (unpaired) electrons. The summed E-state index contributed by atoms with van der Waals surface area (Å²) in [6.07, 6.45) is 0. The van der Waals surface area contributed by atoms with Crippen molar-refractivity contribution in [2.24, 2.45) is 0 Å². The van der Waals surface area contributed by atoms with Crippen LogP contribution in [0.4, 0.5) is 11.4 Å². The number of anilines is 2. The molecule has 1 aliphatic heterocycles. The molecule has 0 spiro atoms. The van der Waals surface area contributed by atoms with Crippen LogP contribution >= 0.6 is 0 Å². The first kappa shape index (κ1) is 22.6. The molecule has 166 valence electrons. The molecule has 0 fully saturated rings. The Morgan fingerprint density at radius 2 is 1.68 bits per heavy atom. The van der Waals surface area contributed by atoms with E-state index in [1.54, 1.807) is 23.1 Å². The van der Waals surface area contributed by atoms with Crippen LogP contribution in [0, 0.1) is 6.92 Å². The fraction of sp³-hybridized carbons (Fsp3) is 0.417. The number of hydrogen-bond acceptors (Lipinski definition) is 5. The number of fused-ring (bicyclic) bond motifs is 1. The van der Waals surface area contributed by atoms with Gasteiger partial charge in [0.05, 0.1) is 13.1 Å². The number of para-hydroxylation sites is 1. The third-order valence-electron chi connectivity index (χ3n) is 5.20. The molecule has 7 heteroatoms. The van der Waals surface area contributed by atoms with E-state index in [9.17, 15) is 9.59 Å². The highest BCUT2D eigenvalue weighted by molar-refractivity contribution is 5.95. The van der Waals surface area contributed by atoms with Crippen molar-refractivity contribution in [2.45, 2.75) is 33.6 Å². The lowest BCUT2D eigenvalue weighted by molar-refractivity contribution is -0.119. The summed E-state index contributed by atoms with van der Waals surface area (Å²) < 4.78 is 11.1. The van der Waals surface area contributed by atoms with Crippen LogP contribution in [0.1, 0.15) is 37.8 Å². The topological polar surface area (TPSA) is 79.9 Å². The summed E-state index contributed by atoms with van der Waals surface area (Å²) in [6, 6.07) is 11.3. The highest BCUT2D eigenvalue weighted by atomic mass is 16.6. The third kappa shape index (κ3) is 5.98. The number of hydrogen-bond donors (Lipinski definition) is 2. The molecule has 2 N–H and O–H groups in total. The maximum atomic E-state index is 12.7. The van der Waals surface area contributed by atoms with Crippen molar-refractivity contribution in [3.8, 4) is 11.5 Å². The van der Waals surface area contributed by atoms with Crippen LogP contribution in [0.5, 0.6) is 11.5 Å². The minimum absolute atomic E-state index is 0.114. The zero-order chi connectivity index (χ0) is 22.4. The van der Waals surface area contributed by atoms with Gasteiger partial charge in [0.25, 0.3) is 0 Å². The Labute approximate surface area is 183 Å². The fourth-order valence-corrected chi connectivity index (χ4v) is 3.53. The van der Waals surface area contributed by atoms with Crippen LogP contribution < -0.4 is 20.1 Å². The minimum atomic E-state index is -0.190. The summed E-state index contributed by atoms with van der Waals surface area (Å²) in [4.78, 5) is 27.0. The molecule has 31 heavy (non-hydrogen) atoms. The van der Waals surface area contributed by atoms with Gasteiger partial charge in [0.2, 0.25) is 11.8 Å². The van der Waals surface area contributed by atoms with Gasteiger partial charge in [-0.3, -0.25) is 14.5 Å². The second kappa shape index (κ2) is 10.3. The summed E-state index contributed by atoms with van der Waals surface area (Å²) in [5.74, 6) is 1.27. The van der Waals surface area contributed by atoms with E-state index in [-0.39, 0.29) is 24.9 Å². The monoisotopic (exact) mass is 425 g/mol. The molecule has 1 aliphatic rings. The molecule has 7 nitrogen and oxygen atoms in total. The number of nitrogens with zero attached hydrogens (tertiary/aromatic N) is 1. The van der Waals surface area contributed by atoms with E-state index in [4.69, 9.17) is 9.47 Å². The van der Waals surface area contributed by atoms with Gasteiger partial charge in [0.15, 0.2) is 11.5 Å². The number of nitrogens with one attached hydrogen (secondary N) is 2. The van der Waals surface area contributed by atoms with E-state index >= 15 is 0 Å². The van der Waals surface area contributed by atoms with Gasteiger partial charge >= 0.3 is 0 Å². The normalized spacial score (nSPS) is 12.7. The lowest BCUT2D eigenvalue weighted by Gasteiger charge is -2.22. The van der Waals surface area contributed by atoms with Crippen LogP contribution in [0.3, 0.4) is 0 Å². The highest BCUT2D eigenvalue weighted by Gasteiger charge is 2.17. The minimum Gasteiger partial charge on any atom is -0.486 e. The molecule has 0 atom stereocenters. The Morgan fingerprint density at radius 1 is 1.00 bits per heavy atom. The second-order valence-corrected chi connectivity index (χ2v) is 7.95. The molecular formula is C24H31N3O4. The third-order valence-corrected chi connectivity index (χ3v) is 5.20. The van der Waals surface area contributed by atoms with E-state index in [0.717, 1.165) is 16.8 Å². The van der Waals surface area contributed by atoms with Gasteiger partial charge in [-0.15, -0.1) is 0 Å². The fourth-order valence-electron chi connectivity index (χ4n) is 3.53. The van der Waals surface area contributed by atoms with Crippen LogP contribution in [-0.4, -0.2) is 49.6 Å². The summed E-state index contributed by atoms with van der Waals surface area (Å²) in [6.45, 7) is 9.95. The lowest BCUT2D eigenvalue weighted by atomic mass is 9.98. The Bertz CT molecular complexity index is 942. The maximum absolute atomic E-state index is 12.7. The van der Waals surface area contributed by atoms with E-state index in [1.807, 2.05) is 32.0 Å². The molecule has 0 saturated heterocycles.